The van der Waals surface area contributed by atoms with E-state index in [0.29, 0.717) is 6.04 Å². The standard InChI is InChI=1S/C14H18N2O2/c17-14(11-18-13-4-2-1-3-5-13)16-9-8-15-7-6-12(16)10-15/h1-5,12H,6-11H2. The molecule has 2 heterocycles. The molecule has 18 heavy (non-hydrogen) atoms. The molecule has 0 N–H and O–H groups in total. The van der Waals surface area contributed by atoms with Crippen LogP contribution >= 0.6 is 0 Å². The first-order chi connectivity index (χ1) is 8.83. The second-order valence-corrected chi connectivity index (χ2v) is 4.93. The van der Waals surface area contributed by atoms with Crippen molar-refractivity contribution < 1.29 is 9.53 Å². The van der Waals surface area contributed by atoms with Gasteiger partial charge < -0.3 is 9.64 Å². The summed E-state index contributed by atoms with van der Waals surface area (Å²) in [4.78, 5) is 16.6. The van der Waals surface area contributed by atoms with E-state index in [9.17, 15) is 4.79 Å². The summed E-state index contributed by atoms with van der Waals surface area (Å²) < 4.78 is 5.52. The number of amides is 1. The van der Waals surface area contributed by atoms with Gasteiger partial charge in [-0.3, -0.25) is 9.69 Å². The molecule has 1 aromatic rings. The molecule has 2 unspecified atom stereocenters. The molecule has 3 rings (SSSR count). The van der Waals surface area contributed by atoms with E-state index in [1.165, 1.54) is 0 Å². The Morgan fingerprint density at radius 2 is 2.06 bits per heavy atom. The number of carbonyl (C=O) groups is 1. The summed E-state index contributed by atoms with van der Waals surface area (Å²) in [6.07, 6.45) is 1.11. The quantitative estimate of drug-likeness (QED) is 0.797. The van der Waals surface area contributed by atoms with Crippen molar-refractivity contribution in [2.45, 2.75) is 12.5 Å². The highest BCUT2D eigenvalue weighted by Gasteiger charge is 2.34. The minimum atomic E-state index is 0.116. The summed E-state index contributed by atoms with van der Waals surface area (Å²) in [5.41, 5.74) is 0. The molecular formula is C14H18N2O2. The Labute approximate surface area is 107 Å². The Balaban J connectivity index is 1.55. The monoisotopic (exact) mass is 246 g/mol. The molecule has 2 fully saturated rings. The molecule has 0 aliphatic carbocycles. The zero-order chi connectivity index (χ0) is 12.4. The van der Waals surface area contributed by atoms with Gasteiger partial charge in [0.25, 0.3) is 5.91 Å². The second kappa shape index (κ2) is 4.98. The highest BCUT2D eigenvalue weighted by Crippen LogP contribution is 2.20. The van der Waals surface area contributed by atoms with E-state index in [1.807, 2.05) is 35.2 Å². The summed E-state index contributed by atoms with van der Waals surface area (Å²) >= 11 is 0. The number of ether oxygens (including phenoxy) is 1. The van der Waals surface area contributed by atoms with Crippen molar-refractivity contribution in [3.8, 4) is 5.75 Å². The molecule has 2 aliphatic rings. The summed E-state index contributed by atoms with van der Waals surface area (Å²) in [5.74, 6) is 0.876. The molecule has 0 aromatic heterocycles. The molecule has 2 saturated heterocycles. The lowest BCUT2D eigenvalue weighted by Crippen LogP contribution is -2.50. The van der Waals surface area contributed by atoms with Crippen molar-refractivity contribution in [2.75, 3.05) is 32.8 Å². The van der Waals surface area contributed by atoms with Gasteiger partial charge in [-0.05, 0) is 18.6 Å². The van der Waals surface area contributed by atoms with E-state index >= 15 is 0 Å². The molecule has 2 atom stereocenters. The number of rotatable bonds is 3. The summed E-state index contributed by atoms with van der Waals surface area (Å²) in [6.45, 7) is 4.18. The fourth-order valence-corrected chi connectivity index (χ4v) is 2.77. The van der Waals surface area contributed by atoms with Gasteiger partial charge in [0, 0.05) is 32.2 Å². The van der Waals surface area contributed by atoms with Crippen LogP contribution in [-0.4, -0.2) is 54.5 Å². The van der Waals surface area contributed by atoms with E-state index in [2.05, 4.69) is 4.90 Å². The Bertz CT molecular complexity index is 421. The smallest absolute Gasteiger partial charge is 0.260 e. The SMILES string of the molecule is O=C(COc1ccccc1)N1CCN2CCC1C2. The number of piperazine rings is 1. The third-order valence-corrected chi connectivity index (χ3v) is 3.77. The third-order valence-electron chi connectivity index (χ3n) is 3.77. The summed E-state index contributed by atoms with van der Waals surface area (Å²) in [7, 11) is 0. The fraction of sp³-hybridized carbons (Fsp3) is 0.500. The molecule has 2 aliphatic heterocycles. The van der Waals surface area contributed by atoms with Gasteiger partial charge in [-0.2, -0.15) is 0 Å². The van der Waals surface area contributed by atoms with E-state index in [-0.39, 0.29) is 12.5 Å². The maximum atomic E-state index is 12.1. The number of hydrogen-bond acceptors (Lipinski definition) is 3. The molecule has 1 amide bonds. The predicted molar refractivity (Wildman–Crippen MR) is 68.5 cm³/mol. The van der Waals surface area contributed by atoms with Crippen LogP contribution in [0.1, 0.15) is 6.42 Å². The van der Waals surface area contributed by atoms with Crippen LogP contribution in [0.3, 0.4) is 0 Å². The Morgan fingerprint density at radius 3 is 2.89 bits per heavy atom. The minimum absolute atomic E-state index is 0.116. The average molecular weight is 246 g/mol. The number of hydrogen-bond donors (Lipinski definition) is 0. The van der Waals surface area contributed by atoms with Crippen LogP contribution in [-0.2, 0) is 4.79 Å². The maximum Gasteiger partial charge on any atom is 0.260 e. The Hall–Kier alpha value is -1.55. The maximum absolute atomic E-state index is 12.1. The first kappa shape index (κ1) is 11.5. The van der Waals surface area contributed by atoms with Gasteiger partial charge in [-0.25, -0.2) is 0 Å². The van der Waals surface area contributed by atoms with Crippen LogP contribution < -0.4 is 4.74 Å². The minimum Gasteiger partial charge on any atom is -0.484 e. The third kappa shape index (κ3) is 2.34. The largest absolute Gasteiger partial charge is 0.484 e. The van der Waals surface area contributed by atoms with Crippen LogP contribution in [0, 0.1) is 0 Å². The number of nitrogens with zero attached hydrogens (tertiary/aromatic N) is 2. The van der Waals surface area contributed by atoms with Crippen LogP contribution in [0.5, 0.6) is 5.75 Å². The van der Waals surface area contributed by atoms with Crippen LogP contribution in [0.2, 0.25) is 0 Å². The zero-order valence-electron chi connectivity index (χ0n) is 10.4. The zero-order valence-corrected chi connectivity index (χ0v) is 10.4. The average Bonchev–Trinajstić information content (AvgIpc) is 2.79. The molecule has 0 spiro atoms. The highest BCUT2D eigenvalue weighted by atomic mass is 16.5. The molecule has 4 nitrogen and oxygen atoms in total. The van der Waals surface area contributed by atoms with E-state index in [1.54, 1.807) is 0 Å². The highest BCUT2D eigenvalue weighted by molar-refractivity contribution is 5.78. The van der Waals surface area contributed by atoms with Gasteiger partial charge in [0.2, 0.25) is 0 Å². The number of para-hydroxylation sites is 1. The number of fused-ring (bicyclic) bond motifs is 2. The lowest BCUT2D eigenvalue weighted by Gasteiger charge is -2.34. The van der Waals surface area contributed by atoms with Crippen molar-refractivity contribution >= 4 is 5.91 Å². The second-order valence-electron chi connectivity index (χ2n) is 4.93. The predicted octanol–water partition coefficient (Wildman–Crippen LogP) is 0.982. The van der Waals surface area contributed by atoms with Gasteiger partial charge in [-0.1, -0.05) is 18.2 Å². The van der Waals surface area contributed by atoms with Crippen molar-refractivity contribution in [3.63, 3.8) is 0 Å². The van der Waals surface area contributed by atoms with Gasteiger partial charge in [0.1, 0.15) is 5.75 Å². The molecule has 1 aromatic carbocycles. The topological polar surface area (TPSA) is 32.8 Å². The lowest BCUT2D eigenvalue weighted by molar-refractivity contribution is -0.136. The number of benzene rings is 1. The molecule has 4 heteroatoms. The van der Waals surface area contributed by atoms with Gasteiger partial charge in [0.05, 0.1) is 0 Å². The van der Waals surface area contributed by atoms with Crippen molar-refractivity contribution in [3.05, 3.63) is 30.3 Å². The fourth-order valence-electron chi connectivity index (χ4n) is 2.77. The molecule has 96 valence electrons. The van der Waals surface area contributed by atoms with Gasteiger partial charge in [-0.15, -0.1) is 0 Å². The summed E-state index contributed by atoms with van der Waals surface area (Å²) in [6, 6.07) is 9.92. The number of carbonyl (C=O) groups excluding carboxylic acids is 1. The van der Waals surface area contributed by atoms with E-state index < -0.39 is 0 Å². The molecule has 2 bridgehead atoms. The Kier molecular flexibility index (Phi) is 3.19. The molecule has 0 saturated carbocycles. The van der Waals surface area contributed by atoms with E-state index in [0.717, 1.165) is 38.3 Å². The van der Waals surface area contributed by atoms with Crippen molar-refractivity contribution in [2.24, 2.45) is 0 Å². The van der Waals surface area contributed by atoms with Gasteiger partial charge in [0.15, 0.2) is 6.61 Å². The Morgan fingerprint density at radius 1 is 1.22 bits per heavy atom. The lowest BCUT2D eigenvalue weighted by atomic mass is 10.2. The van der Waals surface area contributed by atoms with Crippen LogP contribution in [0.25, 0.3) is 0 Å². The normalized spacial score (nSPS) is 26.1. The summed E-state index contributed by atoms with van der Waals surface area (Å²) in [5, 5.41) is 0. The molecule has 0 radical (unpaired) electrons. The van der Waals surface area contributed by atoms with Gasteiger partial charge >= 0.3 is 0 Å². The van der Waals surface area contributed by atoms with E-state index in [4.69, 9.17) is 4.74 Å². The first-order valence-electron chi connectivity index (χ1n) is 6.52. The first-order valence-corrected chi connectivity index (χ1v) is 6.52. The van der Waals surface area contributed by atoms with Crippen LogP contribution in [0.4, 0.5) is 0 Å². The molecular weight excluding hydrogens is 228 g/mol. The van der Waals surface area contributed by atoms with Crippen LogP contribution in [0.15, 0.2) is 30.3 Å². The van der Waals surface area contributed by atoms with Crippen molar-refractivity contribution in [1.82, 2.24) is 9.80 Å². The van der Waals surface area contributed by atoms with Crippen molar-refractivity contribution in [1.29, 1.82) is 0 Å².